The van der Waals surface area contributed by atoms with Crippen molar-refractivity contribution in [1.29, 1.82) is 0 Å². The molecule has 1 amide bonds. The summed E-state index contributed by atoms with van der Waals surface area (Å²) < 4.78 is 0. The minimum Gasteiger partial charge on any atom is -0.398 e. The first-order chi connectivity index (χ1) is 10.0. The Bertz CT molecular complexity index is 692. The second-order valence-corrected chi connectivity index (χ2v) is 5.92. The molecule has 0 spiro atoms. The number of fused-ring (bicyclic) bond motifs is 1. The minimum atomic E-state index is 0.00880. The summed E-state index contributed by atoms with van der Waals surface area (Å²) in [5.41, 5.74) is 10.7. The number of halogens is 1. The number of nitrogens with two attached hydrogens (primary N) is 1. The monoisotopic (exact) mass is 300 g/mol. The van der Waals surface area contributed by atoms with Crippen molar-refractivity contribution >= 4 is 23.2 Å². The first-order valence-electron chi connectivity index (χ1n) is 6.97. The van der Waals surface area contributed by atoms with Gasteiger partial charge in [-0.25, -0.2) is 0 Å². The number of carbonyl (C=O) groups is 1. The Kier molecular flexibility index (Phi) is 3.60. The minimum absolute atomic E-state index is 0.00880. The van der Waals surface area contributed by atoms with E-state index in [2.05, 4.69) is 6.07 Å². The van der Waals surface area contributed by atoms with Gasteiger partial charge in [0.1, 0.15) is 0 Å². The molecule has 0 aliphatic carbocycles. The number of amides is 1. The van der Waals surface area contributed by atoms with Gasteiger partial charge in [0.25, 0.3) is 5.91 Å². The molecule has 0 saturated heterocycles. The average Bonchev–Trinajstić information content (AvgIpc) is 2.45. The number of hydrogen-bond acceptors (Lipinski definition) is 2. The second-order valence-electron chi connectivity index (χ2n) is 5.48. The smallest absolute Gasteiger partial charge is 0.254 e. The van der Waals surface area contributed by atoms with Crippen molar-refractivity contribution < 1.29 is 4.79 Å². The number of carbonyl (C=O) groups excluding carboxylic acids is 1. The zero-order valence-electron chi connectivity index (χ0n) is 11.9. The van der Waals surface area contributed by atoms with Gasteiger partial charge in [-0.1, -0.05) is 23.7 Å². The largest absolute Gasteiger partial charge is 0.398 e. The quantitative estimate of drug-likeness (QED) is 0.820. The topological polar surface area (TPSA) is 46.3 Å². The van der Waals surface area contributed by atoms with Crippen LogP contribution in [0.15, 0.2) is 36.4 Å². The molecule has 2 N–H and O–H groups in total. The van der Waals surface area contributed by atoms with Gasteiger partial charge in [-0.2, -0.15) is 0 Å². The van der Waals surface area contributed by atoms with E-state index < -0.39 is 0 Å². The van der Waals surface area contributed by atoms with Crippen molar-refractivity contribution in [2.24, 2.45) is 0 Å². The molecule has 1 heterocycles. The highest BCUT2D eigenvalue weighted by Gasteiger charge is 2.23. The van der Waals surface area contributed by atoms with Crippen LogP contribution in [0.4, 0.5) is 5.69 Å². The molecule has 108 valence electrons. The van der Waals surface area contributed by atoms with E-state index in [0.29, 0.717) is 23.7 Å². The maximum atomic E-state index is 12.7. The van der Waals surface area contributed by atoms with Crippen molar-refractivity contribution in [1.82, 2.24) is 4.90 Å². The van der Waals surface area contributed by atoms with Gasteiger partial charge in [-0.05, 0) is 54.3 Å². The van der Waals surface area contributed by atoms with E-state index in [-0.39, 0.29) is 5.91 Å². The summed E-state index contributed by atoms with van der Waals surface area (Å²) in [6.07, 6.45) is 0.839. The Morgan fingerprint density at radius 2 is 2.10 bits per heavy atom. The van der Waals surface area contributed by atoms with Gasteiger partial charge in [-0.15, -0.1) is 0 Å². The van der Waals surface area contributed by atoms with E-state index in [1.807, 2.05) is 36.1 Å². The maximum absolute atomic E-state index is 12.7. The molecular weight excluding hydrogens is 284 g/mol. The molecule has 0 fully saturated rings. The summed E-state index contributed by atoms with van der Waals surface area (Å²) >= 11 is 6.05. The summed E-state index contributed by atoms with van der Waals surface area (Å²) in [5, 5.41) is 0.593. The van der Waals surface area contributed by atoms with Gasteiger partial charge in [0.05, 0.1) is 0 Å². The molecule has 2 aromatic rings. The van der Waals surface area contributed by atoms with Crippen molar-refractivity contribution in [2.45, 2.75) is 19.9 Å². The molecule has 0 aromatic heterocycles. The SMILES string of the molecule is Cc1cc(Cl)cc(C(=O)N2CCc3cccc(N)c3C2)c1. The molecule has 0 saturated carbocycles. The highest BCUT2D eigenvalue weighted by atomic mass is 35.5. The van der Waals surface area contributed by atoms with Gasteiger partial charge in [0.15, 0.2) is 0 Å². The maximum Gasteiger partial charge on any atom is 0.254 e. The Hall–Kier alpha value is -2.00. The van der Waals surface area contributed by atoms with Crippen LogP contribution in [0, 0.1) is 6.92 Å². The van der Waals surface area contributed by atoms with Crippen LogP contribution in [-0.4, -0.2) is 17.4 Å². The Morgan fingerprint density at radius 1 is 1.29 bits per heavy atom. The number of nitrogen functional groups attached to an aromatic ring is 1. The third-order valence-electron chi connectivity index (χ3n) is 3.89. The van der Waals surface area contributed by atoms with Gasteiger partial charge >= 0.3 is 0 Å². The Balaban J connectivity index is 1.89. The molecular formula is C17H17ClN2O. The van der Waals surface area contributed by atoms with Crippen LogP contribution in [0.5, 0.6) is 0 Å². The first kappa shape index (κ1) is 14.0. The predicted molar refractivity (Wildman–Crippen MR) is 85.5 cm³/mol. The number of nitrogens with zero attached hydrogens (tertiary/aromatic N) is 1. The molecule has 0 atom stereocenters. The molecule has 2 aromatic carbocycles. The first-order valence-corrected chi connectivity index (χ1v) is 7.35. The van der Waals surface area contributed by atoms with E-state index in [1.54, 1.807) is 6.07 Å². The van der Waals surface area contributed by atoms with Gasteiger partial charge in [-0.3, -0.25) is 4.79 Å². The molecule has 4 heteroatoms. The van der Waals surface area contributed by atoms with Crippen molar-refractivity contribution in [2.75, 3.05) is 12.3 Å². The van der Waals surface area contributed by atoms with E-state index in [4.69, 9.17) is 17.3 Å². The number of hydrogen-bond donors (Lipinski definition) is 1. The highest BCUT2D eigenvalue weighted by molar-refractivity contribution is 6.31. The number of benzene rings is 2. The van der Waals surface area contributed by atoms with Crippen molar-refractivity contribution in [3.63, 3.8) is 0 Å². The summed E-state index contributed by atoms with van der Waals surface area (Å²) in [5.74, 6) is 0.00880. The van der Waals surface area contributed by atoms with E-state index in [9.17, 15) is 4.79 Å². The normalized spacial score (nSPS) is 13.9. The fraction of sp³-hybridized carbons (Fsp3) is 0.235. The summed E-state index contributed by atoms with van der Waals surface area (Å²) in [6.45, 7) is 3.21. The van der Waals surface area contributed by atoms with E-state index in [0.717, 1.165) is 23.2 Å². The van der Waals surface area contributed by atoms with Crippen LogP contribution in [0.1, 0.15) is 27.0 Å². The highest BCUT2D eigenvalue weighted by Crippen LogP contribution is 2.26. The lowest BCUT2D eigenvalue weighted by molar-refractivity contribution is 0.0735. The van der Waals surface area contributed by atoms with Crippen LogP contribution in [-0.2, 0) is 13.0 Å². The van der Waals surface area contributed by atoms with Crippen LogP contribution < -0.4 is 5.73 Å². The van der Waals surface area contributed by atoms with E-state index >= 15 is 0 Å². The lowest BCUT2D eigenvalue weighted by atomic mass is 9.97. The molecule has 3 rings (SSSR count). The summed E-state index contributed by atoms with van der Waals surface area (Å²) in [6, 6.07) is 11.4. The van der Waals surface area contributed by atoms with Gasteiger partial charge in [0.2, 0.25) is 0 Å². The molecule has 1 aliphatic rings. The lowest BCUT2D eigenvalue weighted by Crippen LogP contribution is -2.36. The molecule has 3 nitrogen and oxygen atoms in total. The Morgan fingerprint density at radius 3 is 2.86 bits per heavy atom. The van der Waals surface area contributed by atoms with Crippen LogP contribution in [0.25, 0.3) is 0 Å². The average molecular weight is 301 g/mol. The fourth-order valence-corrected chi connectivity index (χ4v) is 3.11. The second kappa shape index (κ2) is 5.41. The van der Waals surface area contributed by atoms with Gasteiger partial charge in [0, 0.05) is 29.4 Å². The number of anilines is 1. The van der Waals surface area contributed by atoms with Crippen LogP contribution >= 0.6 is 11.6 Å². The van der Waals surface area contributed by atoms with Crippen molar-refractivity contribution in [3.8, 4) is 0 Å². The molecule has 1 aliphatic heterocycles. The third-order valence-corrected chi connectivity index (χ3v) is 4.10. The standard InChI is InChI=1S/C17H17ClN2O/c1-11-7-13(9-14(18)8-11)17(21)20-6-5-12-3-2-4-16(19)15(12)10-20/h2-4,7-9H,5-6,10,19H2,1H3. The Labute approximate surface area is 129 Å². The van der Waals surface area contributed by atoms with Gasteiger partial charge < -0.3 is 10.6 Å². The predicted octanol–water partition coefficient (Wildman–Crippen LogP) is 3.43. The zero-order valence-corrected chi connectivity index (χ0v) is 12.7. The molecule has 0 bridgehead atoms. The summed E-state index contributed by atoms with van der Waals surface area (Å²) in [4.78, 5) is 14.5. The molecule has 0 unspecified atom stereocenters. The van der Waals surface area contributed by atoms with Crippen molar-refractivity contribution in [3.05, 3.63) is 63.7 Å². The molecule has 0 radical (unpaired) electrons. The third kappa shape index (κ3) is 2.74. The fourth-order valence-electron chi connectivity index (χ4n) is 2.82. The lowest BCUT2D eigenvalue weighted by Gasteiger charge is -2.30. The zero-order chi connectivity index (χ0) is 15.0. The summed E-state index contributed by atoms with van der Waals surface area (Å²) in [7, 11) is 0. The number of rotatable bonds is 1. The van der Waals surface area contributed by atoms with E-state index in [1.165, 1.54) is 5.56 Å². The molecule has 21 heavy (non-hydrogen) atoms. The van der Waals surface area contributed by atoms with Crippen LogP contribution in [0.2, 0.25) is 5.02 Å². The van der Waals surface area contributed by atoms with Crippen LogP contribution in [0.3, 0.4) is 0 Å². The number of aryl methyl sites for hydroxylation is 1.